The van der Waals surface area contributed by atoms with E-state index in [1.165, 1.54) is 0 Å². The molecule has 1 saturated heterocycles. The summed E-state index contributed by atoms with van der Waals surface area (Å²) in [7, 11) is 1.73. The molecule has 4 heteroatoms. The quantitative estimate of drug-likeness (QED) is 0.694. The summed E-state index contributed by atoms with van der Waals surface area (Å²) in [6.07, 6.45) is 1.93. The Morgan fingerprint density at radius 3 is 2.67 bits per heavy atom. The van der Waals surface area contributed by atoms with E-state index in [0.29, 0.717) is 6.04 Å². The molecule has 90 valence electrons. The van der Waals surface area contributed by atoms with Crippen LogP contribution < -0.4 is 5.32 Å². The van der Waals surface area contributed by atoms with Crippen molar-refractivity contribution >= 4 is 0 Å². The average Bonchev–Trinajstić information content (AvgIpc) is 2.62. The van der Waals surface area contributed by atoms with Crippen molar-refractivity contribution in [2.24, 2.45) is 0 Å². The van der Waals surface area contributed by atoms with Gasteiger partial charge in [-0.1, -0.05) is 0 Å². The van der Waals surface area contributed by atoms with E-state index in [0.717, 1.165) is 39.2 Å². The Morgan fingerprint density at radius 2 is 2.07 bits per heavy atom. The van der Waals surface area contributed by atoms with Crippen molar-refractivity contribution in [3.05, 3.63) is 0 Å². The standard InChI is InChI=1S/C11H23NO3/c1-10(4-7-13-3)12-6-5-11(2)14-8-9-15-11/h10,12H,4-9H2,1-3H3. The molecule has 0 aliphatic carbocycles. The Hall–Kier alpha value is -0.160. The van der Waals surface area contributed by atoms with E-state index in [-0.39, 0.29) is 5.79 Å². The highest BCUT2D eigenvalue weighted by Crippen LogP contribution is 2.21. The molecular weight excluding hydrogens is 194 g/mol. The van der Waals surface area contributed by atoms with E-state index < -0.39 is 0 Å². The van der Waals surface area contributed by atoms with E-state index in [4.69, 9.17) is 14.2 Å². The Morgan fingerprint density at radius 1 is 1.40 bits per heavy atom. The van der Waals surface area contributed by atoms with Crippen LogP contribution in [0.4, 0.5) is 0 Å². The molecule has 15 heavy (non-hydrogen) atoms. The number of hydrogen-bond donors (Lipinski definition) is 1. The first kappa shape index (κ1) is 12.9. The Bertz CT molecular complexity index is 169. The first-order chi connectivity index (χ1) is 7.16. The van der Waals surface area contributed by atoms with Gasteiger partial charge in [-0.2, -0.15) is 0 Å². The van der Waals surface area contributed by atoms with Gasteiger partial charge in [-0.05, 0) is 20.3 Å². The summed E-state index contributed by atoms with van der Waals surface area (Å²) in [6.45, 7) is 7.32. The number of methoxy groups -OCH3 is 1. The molecule has 1 N–H and O–H groups in total. The van der Waals surface area contributed by atoms with Gasteiger partial charge in [0.1, 0.15) is 0 Å². The highest BCUT2D eigenvalue weighted by Gasteiger charge is 2.30. The minimum atomic E-state index is -0.367. The van der Waals surface area contributed by atoms with E-state index in [1.807, 2.05) is 6.92 Å². The minimum Gasteiger partial charge on any atom is -0.385 e. The zero-order valence-electron chi connectivity index (χ0n) is 10.0. The molecule has 1 fully saturated rings. The largest absolute Gasteiger partial charge is 0.385 e. The molecule has 1 atom stereocenters. The van der Waals surface area contributed by atoms with Crippen LogP contribution in [-0.4, -0.2) is 45.3 Å². The highest BCUT2D eigenvalue weighted by atomic mass is 16.7. The summed E-state index contributed by atoms with van der Waals surface area (Å²) in [5, 5.41) is 3.43. The lowest BCUT2D eigenvalue weighted by atomic mass is 10.2. The molecule has 1 aliphatic rings. The fourth-order valence-corrected chi connectivity index (χ4v) is 1.64. The van der Waals surface area contributed by atoms with Crippen LogP contribution in [0.2, 0.25) is 0 Å². The van der Waals surface area contributed by atoms with Crippen molar-refractivity contribution in [3.8, 4) is 0 Å². The number of hydrogen-bond acceptors (Lipinski definition) is 4. The maximum atomic E-state index is 5.52. The normalized spacial score (nSPS) is 21.8. The molecular formula is C11H23NO3. The summed E-state index contributed by atoms with van der Waals surface area (Å²) < 4.78 is 16.1. The number of rotatable bonds is 7. The molecule has 0 radical (unpaired) electrons. The molecule has 1 aliphatic heterocycles. The van der Waals surface area contributed by atoms with Crippen molar-refractivity contribution in [1.82, 2.24) is 5.32 Å². The van der Waals surface area contributed by atoms with Gasteiger partial charge in [-0.25, -0.2) is 0 Å². The second-order valence-electron chi connectivity index (χ2n) is 4.22. The Balaban J connectivity index is 2.04. The van der Waals surface area contributed by atoms with Crippen LogP contribution >= 0.6 is 0 Å². The molecule has 0 aromatic rings. The van der Waals surface area contributed by atoms with Crippen LogP contribution in [0.25, 0.3) is 0 Å². The molecule has 0 amide bonds. The monoisotopic (exact) mass is 217 g/mol. The molecule has 0 spiro atoms. The molecule has 1 rings (SSSR count). The maximum absolute atomic E-state index is 5.52. The van der Waals surface area contributed by atoms with Crippen molar-refractivity contribution in [2.75, 3.05) is 33.5 Å². The average molecular weight is 217 g/mol. The number of ether oxygens (including phenoxy) is 3. The van der Waals surface area contributed by atoms with Gasteiger partial charge in [-0.3, -0.25) is 0 Å². The Labute approximate surface area is 92.3 Å². The van der Waals surface area contributed by atoms with Crippen molar-refractivity contribution in [2.45, 2.75) is 38.5 Å². The van der Waals surface area contributed by atoms with Gasteiger partial charge in [0.05, 0.1) is 13.2 Å². The van der Waals surface area contributed by atoms with Crippen LogP contribution in [0.15, 0.2) is 0 Å². The molecule has 1 heterocycles. The lowest BCUT2D eigenvalue weighted by Crippen LogP contribution is -2.35. The first-order valence-corrected chi connectivity index (χ1v) is 5.66. The second-order valence-corrected chi connectivity index (χ2v) is 4.22. The minimum absolute atomic E-state index is 0.367. The van der Waals surface area contributed by atoms with Gasteiger partial charge in [-0.15, -0.1) is 0 Å². The van der Waals surface area contributed by atoms with E-state index in [2.05, 4.69) is 12.2 Å². The third-order valence-electron chi connectivity index (χ3n) is 2.73. The van der Waals surface area contributed by atoms with Gasteiger partial charge in [0.25, 0.3) is 0 Å². The van der Waals surface area contributed by atoms with Gasteiger partial charge in [0.15, 0.2) is 5.79 Å². The molecule has 4 nitrogen and oxygen atoms in total. The molecule has 0 aromatic carbocycles. The lowest BCUT2D eigenvalue weighted by Gasteiger charge is -2.23. The topological polar surface area (TPSA) is 39.7 Å². The first-order valence-electron chi connectivity index (χ1n) is 5.66. The summed E-state index contributed by atoms with van der Waals surface area (Å²) in [6, 6.07) is 0.481. The summed E-state index contributed by atoms with van der Waals surface area (Å²) in [5.41, 5.74) is 0. The van der Waals surface area contributed by atoms with Gasteiger partial charge >= 0.3 is 0 Å². The zero-order chi connectivity index (χ0) is 11.1. The predicted octanol–water partition coefficient (Wildman–Crippen LogP) is 1.15. The maximum Gasteiger partial charge on any atom is 0.166 e. The highest BCUT2D eigenvalue weighted by molar-refractivity contribution is 4.71. The summed E-state index contributed by atoms with van der Waals surface area (Å²) in [5.74, 6) is -0.367. The van der Waals surface area contributed by atoms with Crippen molar-refractivity contribution < 1.29 is 14.2 Å². The molecule has 0 aromatic heterocycles. The van der Waals surface area contributed by atoms with E-state index in [1.54, 1.807) is 7.11 Å². The van der Waals surface area contributed by atoms with Crippen molar-refractivity contribution in [3.63, 3.8) is 0 Å². The summed E-state index contributed by atoms with van der Waals surface area (Å²) in [4.78, 5) is 0. The smallest absolute Gasteiger partial charge is 0.166 e. The van der Waals surface area contributed by atoms with Crippen LogP contribution in [-0.2, 0) is 14.2 Å². The molecule has 1 unspecified atom stereocenters. The predicted molar refractivity (Wildman–Crippen MR) is 58.9 cm³/mol. The third kappa shape index (κ3) is 4.93. The van der Waals surface area contributed by atoms with Gasteiger partial charge in [0.2, 0.25) is 0 Å². The van der Waals surface area contributed by atoms with Gasteiger partial charge in [0, 0.05) is 32.7 Å². The fourth-order valence-electron chi connectivity index (χ4n) is 1.64. The summed E-state index contributed by atoms with van der Waals surface area (Å²) >= 11 is 0. The van der Waals surface area contributed by atoms with Crippen molar-refractivity contribution in [1.29, 1.82) is 0 Å². The molecule has 0 saturated carbocycles. The van der Waals surface area contributed by atoms with E-state index in [9.17, 15) is 0 Å². The Kier molecular flexibility index (Phi) is 5.53. The lowest BCUT2D eigenvalue weighted by molar-refractivity contribution is -0.145. The van der Waals surface area contributed by atoms with Crippen LogP contribution in [0, 0.1) is 0 Å². The van der Waals surface area contributed by atoms with Gasteiger partial charge < -0.3 is 19.5 Å². The third-order valence-corrected chi connectivity index (χ3v) is 2.73. The van der Waals surface area contributed by atoms with Crippen LogP contribution in [0.5, 0.6) is 0 Å². The van der Waals surface area contributed by atoms with Crippen LogP contribution in [0.1, 0.15) is 26.7 Å². The zero-order valence-corrected chi connectivity index (χ0v) is 10.0. The van der Waals surface area contributed by atoms with E-state index >= 15 is 0 Å². The SMILES string of the molecule is COCCC(C)NCCC1(C)OCCO1. The number of nitrogens with one attached hydrogen (secondary N) is 1. The fraction of sp³-hybridized carbons (Fsp3) is 1.00. The van der Waals surface area contributed by atoms with Crippen LogP contribution in [0.3, 0.4) is 0 Å². The molecule has 0 bridgehead atoms. The second kappa shape index (κ2) is 6.43.